The van der Waals surface area contributed by atoms with Crippen LogP contribution >= 0.6 is 22.6 Å². The van der Waals surface area contributed by atoms with Gasteiger partial charge in [-0.15, -0.1) is 0 Å². The van der Waals surface area contributed by atoms with Crippen LogP contribution in [0, 0.1) is 3.57 Å². The van der Waals surface area contributed by atoms with Crippen molar-refractivity contribution in [2.75, 3.05) is 25.5 Å². The van der Waals surface area contributed by atoms with E-state index in [1.165, 1.54) is 0 Å². The molecule has 1 saturated heterocycles. The molecule has 1 aliphatic heterocycles. The van der Waals surface area contributed by atoms with Crippen LogP contribution < -0.4 is 5.73 Å². The van der Waals surface area contributed by atoms with E-state index in [0.717, 1.165) is 3.57 Å². The normalized spacial score (nSPS) is 20.4. The number of carbonyl (C=O) groups excluding carboxylic acids is 1. The van der Waals surface area contributed by atoms with Gasteiger partial charge in [-0.3, -0.25) is 4.79 Å². The summed E-state index contributed by atoms with van der Waals surface area (Å²) in [4.78, 5) is 14.2. The molecule has 0 radical (unpaired) electrons. The maximum Gasteiger partial charge on any atom is 0.254 e. The first-order valence-corrected chi connectivity index (χ1v) is 6.60. The van der Waals surface area contributed by atoms with E-state index in [2.05, 4.69) is 22.6 Å². The van der Waals surface area contributed by atoms with E-state index >= 15 is 0 Å². The van der Waals surface area contributed by atoms with Crippen molar-refractivity contribution in [1.29, 1.82) is 0 Å². The molecule has 1 amide bonds. The second-order valence-corrected chi connectivity index (χ2v) is 5.44. The SMILES string of the molecule is C[C@@H]1COCCN1C(=O)c1cc(N)cc(I)c1. The summed E-state index contributed by atoms with van der Waals surface area (Å²) < 4.78 is 6.30. The van der Waals surface area contributed by atoms with Crippen LogP contribution in [0.5, 0.6) is 0 Å². The van der Waals surface area contributed by atoms with Crippen molar-refractivity contribution in [3.05, 3.63) is 27.3 Å². The van der Waals surface area contributed by atoms with Crippen molar-refractivity contribution in [3.8, 4) is 0 Å². The Hall–Kier alpha value is -0.820. The second kappa shape index (κ2) is 5.22. The van der Waals surface area contributed by atoms with Crippen LogP contribution in [0.4, 0.5) is 5.69 Å². The van der Waals surface area contributed by atoms with Crippen LogP contribution in [0.25, 0.3) is 0 Å². The number of hydrogen-bond donors (Lipinski definition) is 1. The van der Waals surface area contributed by atoms with Crippen molar-refractivity contribution in [1.82, 2.24) is 4.90 Å². The average molecular weight is 346 g/mol. The molecule has 1 aliphatic rings. The Labute approximate surface area is 114 Å². The highest BCUT2D eigenvalue weighted by Gasteiger charge is 2.24. The van der Waals surface area contributed by atoms with Gasteiger partial charge >= 0.3 is 0 Å². The van der Waals surface area contributed by atoms with Gasteiger partial charge in [0.05, 0.1) is 19.3 Å². The largest absolute Gasteiger partial charge is 0.399 e. The van der Waals surface area contributed by atoms with Crippen molar-refractivity contribution >= 4 is 34.2 Å². The molecule has 0 saturated carbocycles. The summed E-state index contributed by atoms with van der Waals surface area (Å²) in [6, 6.07) is 5.56. The number of amides is 1. The minimum absolute atomic E-state index is 0.0333. The quantitative estimate of drug-likeness (QED) is 0.623. The molecule has 2 N–H and O–H groups in total. The third kappa shape index (κ3) is 2.90. The number of morpholine rings is 1. The molecule has 0 aromatic heterocycles. The summed E-state index contributed by atoms with van der Waals surface area (Å²) in [6.07, 6.45) is 0. The van der Waals surface area contributed by atoms with Gasteiger partial charge in [-0.05, 0) is 47.7 Å². The predicted octanol–water partition coefficient (Wildman–Crippen LogP) is 1.73. The van der Waals surface area contributed by atoms with Gasteiger partial charge in [0.15, 0.2) is 0 Å². The number of rotatable bonds is 1. The van der Waals surface area contributed by atoms with E-state index in [-0.39, 0.29) is 11.9 Å². The number of anilines is 1. The molecule has 1 atom stereocenters. The fraction of sp³-hybridized carbons (Fsp3) is 0.417. The van der Waals surface area contributed by atoms with E-state index in [1.54, 1.807) is 6.07 Å². The van der Waals surface area contributed by atoms with Crippen LogP contribution in [0.2, 0.25) is 0 Å². The summed E-state index contributed by atoms with van der Waals surface area (Å²) in [5, 5.41) is 0. The van der Waals surface area contributed by atoms with Crippen LogP contribution in [0.15, 0.2) is 18.2 Å². The Morgan fingerprint density at radius 2 is 2.29 bits per heavy atom. The molecule has 1 heterocycles. The summed E-state index contributed by atoms with van der Waals surface area (Å²) >= 11 is 2.17. The molecule has 17 heavy (non-hydrogen) atoms. The maximum absolute atomic E-state index is 12.3. The molecule has 1 aromatic carbocycles. The van der Waals surface area contributed by atoms with Crippen LogP contribution in [0.1, 0.15) is 17.3 Å². The van der Waals surface area contributed by atoms with Crippen LogP contribution in [-0.2, 0) is 4.74 Å². The number of ether oxygens (including phenoxy) is 1. The topological polar surface area (TPSA) is 55.6 Å². The van der Waals surface area contributed by atoms with E-state index in [1.807, 2.05) is 24.0 Å². The lowest BCUT2D eigenvalue weighted by molar-refractivity contribution is 0.00359. The third-order valence-corrected chi connectivity index (χ3v) is 3.42. The number of hydrogen-bond acceptors (Lipinski definition) is 3. The molecule has 0 unspecified atom stereocenters. The number of carbonyl (C=O) groups is 1. The van der Waals surface area contributed by atoms with Gasteiger partial charge in [0.25, 0.3) is 5.91 Å². The van der Waals surface area contributed by atoms with E-state index < -0.39 is 0 Å². The molecule has 92 valence electrons. The molecule has 2 rings (SSSR count). The highest BCUT2D eigenvalue weighted by molar-refractivity contribution is 14.1. The van der Waals surface area contributed by atoms with Gasteiger partial charge in [0.1, 0.15) is 0 Å². The number of halogens is 1. The minimum atomic E-state index is 0.0333. The Kier molecular flexibility index (Phi) is 3.88. The maximum atomic E-state index is 12.3. The van der Waals surface area contributed by atoms with Gasteiger partial charge in [-0.2, -0.15) is 0 Å². The predicted molar refractivity (Wildman–Crippen MR) is 74.9 cm³/mol. The van der Waals surface area contributed by atoms with Crippen molar-refractivity contribution in [2.24, 2.45) is 0 Å². The highest BCUT2D eigenvalue weighted by atomic mass is 127. The molecule has 1 fully saturated rings. The second-order valence-electron chi connectivity index (χ2n) is 4.20. The van der Waals surface area contributed by atoms with Crippen LogP contribution in [0.3, 0.4) is 0 Å². The molecule has 0 spiro atoms. The lowest BCUT2D eigenvalue weighted by Crippen LogP contribution is -2.47. The molecular weight excluding hydrogens is 331 g/mol. The summed E-state index contributed by atoms with van der Waals surface area (Å²) in [5.41, 5.74) is 7.04. The Morgan fingerprint density at radius 1 is 1.53 bits per heavy atom. The van der Waals surface area contributed by atoms with Gasteiger partial charge in [-0.25, -0.2) is 0 Å². The lowest BCUT2D eigenvalue weighted by Gasteiger charge is -2.33. The minimum Gasteiger partial charge on any atom is -0.399 e. The fourth-order valence-corrected chi connectivity index (χ4v) is 2.63. The zero-order valence-corrected chi connectivity index (χ0v) is 11.8. The van der Waals surface area contributed by atoms with Crippen molar-refractivity contribution in [2.45, 2.75) is 13.0 Å². The standard InChI is InChI=1S/C12H15IN2O2/c1-8-7-17-3-2-15(8)12(16)9-4-10(13)6-11(14)5-9/h4-6,8H,2-3,7,14H2,1H3/t8-/m1/s1. The van der Waals surface area contributed by atoms with Gasteiger partial charge < -0.3 is 15.4 Å². The number of nitrogen functional groups attached to an aromatic ring is 1. The number of nitrogens with zero attached hydrogens (tertiary/aromatic N) is 1. The zero-order valence-electron chi connectivity index (χ0n) is 9.65. The first-order valence-electron chi connectivity index (χ1n) is 5.52. The smallest absolute Gasteiger partial charge is 0.254 e. The first-order chi connectivity index (χ1) is 8.08. The van der Waals surface area contributed by atoms with E-state index in [9.17, 15) is 4.79 Å². The lowest BCUT2D eigenvalue weighted by atomic mass is 10.1. The summed E-state index contributed by atoms with van der Waals surface area (Å²) in [5.74, 6) is 0.0333. The molecule has 0 aliphatic carbocycles. The summed E-state index contributed by atoms with van der Waals surface area (Å²) in [6.45, 7) is 3.85. The summed E-state index contributed by atoms with van der Waals surface area (Å²) in [7, 11) is 0. The molecular formula is C12H15IN2O2. The Morgan fingerprint density at radius 3 is 2.94 bits per heavy atom. The fourth-order valence-electron chi connectivity index (χ4n) is 1.93. The monoisotopic (exact) mass is 346 g/mol. The zero-order chi connectivity index (χ0) is 12.4. The van der Waals surface area contributed by atoms with E-state index in [4.69, 9.17) is 10.5 Å². The van der Waals surface area contributed by atoms with Gasteiger partial charge in [-0.1, -0.05) is 0 Å². The van der Waals surface area contributed by atoms with Crippen LogP contribution in [-0.4, -0.2) is 36.6 Å². The average Bonchev–Trinajstić information content (AvgIpc) is 2.27. The van der Waals surface area contributed by atoms with Gasteiger partial charge in [0.2, 0.25) is 0 Å². The molecule has 5 heteroatoms. The Balaban J connectivity index is 2.23. The highest BCUT2D eigenvalue weighted by Crippen LogP contribution is 2.18. The molecule has 4 nitrogen and oxygen atoms in total. The first kappa shape index (κ1) is 12.6. The number of benzene rings is 1. The van der Waals surface area contributed by atoms with E-state index in [0.29, 0.717) is 31.0 Å². The molecule has 0 bridgehead atoms. The van der Waals surface area contributed by atoms with Gasteiger partial charge in [0, 0.05) is 21.4 Å². The Bertz CT molecular complexity index is 416. The number of nitrogens with two attached hydrogens (primary N) is 1. The van der Waals surface area contributed by atoms with Crippen molar-refractivity contribution < 1.29 is 9.53 Å². The van der Waals surface area contributed by atoms with Crippen molar-refractivity contribution in [3.63, 3.8) is 0 Å². The third-order valence-electron chi connectivity index (χ3n) is 2.80. The molecule has 1 aromatic rings.